The summed E-state index contributed by atoms with van der Waals surface area (Å²) in [4.78, 5) is 23.2. The second-order valence-electron chi connectivity index (χ2n) is 3.94. The van der Waals surface area contributed by atoms with Gasteiger partial charge in [0, 0.05) is 32.4 Å². The quantitative estimate of drug-likeness (QED) is 0.725. The molecule has 0 saturated heterocycles. The fourth-order valence-electron chi connectivity index (χ4n) is 1.57. The van der Waals surface area contributed by atoms with Crippen molar-refractivity contribution in [2.24, 2.45) is 14.1 Å². The largest absolute Gasteiger partial charge is 0.330 e. The second-order valence-corrected chi connectivity index (χ2v) is 4.92. The van der Waals surface area contributed by atoms with Gasteiger partial charge in [0.25, 0.3) is 5.56 Å². The summed E-state index contributed by atoms with van der Waals surface area (Å²) in [5, 5.41) is 3.21. The van der Waals surface area contributed by atoms with Crippen molar-refractivity contribution in [2.45, 2.75) is 13.0 Å². The van der Waals surface area contributed by atoms with Gasteiger partial charge in [0.05, 0.1) is 0 Å². The van der Waals surface area contributed by atoms with E-state index in [9.17, 15) is 9.59 Å². The van der Waals surface area contributed by atoms with Gasteiger partial charge in [-0.15, -0.1) is 0 Å². The SMILES string of the molecule is CSCCCNCc1cn(C)c(=O)n(C)c1=O. The van der Waals surface area contributed by atoms with Crippen LogP contribution < -0.4 is 16.6 Å². The van der Waals surface area contributed by atoms with Crippen molar-refractivity contribution < 1.29 is 0 Å². The molecule has 0 atom stereocenters. The lowest BCUT2D eigenvalue weighted by Gasteiger charge is -2.07. The van der Waals surface area contributed by atoms with Gasteiger partial charge in [0.2, 0.25) is 0 Å². The molecule has 0 aliphatic rings. The Bertz CT molecular complexity index is 479. The summed E-state index contributed by atoms with van der Waals surface area (Å²) in [6, 6.07) is 0. The molecule has 1 aromatic heterocycles. The van der Waals surface area contributed by atoms with Gasteiger partial charge in [-0.05, 0) is 25.0 Å². The van der Waals surface area contributed by atoms with E-state index in [1.54, 1.807) is 25.0 Å². The van der Waals surface area contributed by atoms with Crippen LogP contribution in [0.4, 0.5) is 0 Å². The third kappa shape index (κ3) is 3.74. The number of aryl methyl sites for hydroxylation is 1. The van der Waals surface area contributed by atoms with Crippen LogP contribution in [0.25, 0.3) is 0 Å². The van der Waals surface area contributed by atoms with Crippen molar-refractivity contribution in [3.05, 3.63) is 32.6 Å². The highest BCUT2D eigenvalue weighted by Gasteiger charge is 2.05. The van der Waals surface area contributed by atoms with E-state index in [1.807, 2.05) is 0 Å². The highest BCUT2D eigenvalue weighted by atomic mass is 32.2. The van der Waals surface area contributed by atoms with Crippen LogP contribution in [0.15, 0.2) is 15.8 Å². The molecule has 0 aliphatic carbocycles. The van der Waals surface area contributed by atoms with Crippen LogP contribution in [0, 0.1) is 0 Å². The summed E-state index contributed by atoms with van der Waals surface area (Å²) in [5.74, 6) is 1.11. The Morgan fingerprint density at radius 3 is 2.71 bits per heavy atom. The van der Waals surface area contributed by atoms with Crippen LogP contribution in [0.3, 0.4) is 0 Å². The minimum Gasteiger partial charge on any atom is -0.312 e. The molecule has 0 amide bonds. The monoisotopic (exact) mass is 257 g/mol. The van der Waals surface area contributed by atoms with Crippen molar-refractivity contribution in [3.8, 4) is 0 Å². The van der Waals surface area contributed by atoms with Crippen molar-refractivity contribution >= 4 is 11.8 Å². The smallest absolute Gasteiger partial charge is 0.312 e. The predicted octanol–water partition coefficient (Wildman–Crippen LogP) is -0.0733. The third-order valence-electron chi connectivity index (χ3n) is 2.53. The van der Waals surface area contributed by atoms with Crippen LogP contribution in [-0.2, 0) is 20.6 Å². The van der Waals surface area contributed by atoms with Crippen molar-refractivity contribution in [1.29, 1.82) is 0 Å². The lowest BCUT2D eigenvalue weighted by molar-refractivity contribution is 0.627. The number of hydrogen-bond donors (Lipinski definition) is 1. The third-order valence-corrected chi connectivity index (χ3v) is 3.23. The minimum absolute atomic E-state index is 0.217. The second kappa shape index (κ2) is 6.66. The number of rotatable bonds is 6. The topological polar surface area (TPSA) is 56.0 Å². The lowest BCUT2D eigenvalue weighted by atomic mass is 10.3. The molecular weight excluding hydrogens is 238 g/mol. The van der Waals surface area contributed by atoms with E-state index in [2.05, 4.69) is 11.6 Å². The molecule has 0 aromatic carbocycles. The highest BCUT2D eigenvalue weighted by Crippen LogP contribution is 1.94. The molecule has 1 N–H and O–H groups in total. The molecule has 1 heterocycles. The van der Waals surface area contributed by atoms with Crippen LogP contribution in [0.1, 0.15) is 12.0 Å². The molecule has 0 radical (unpaired) electrons. The average Bonchev–Trinajstić information content (AvgIpc) is 2.32. The molecule has 0 aliphatic heterocycles. The maximum Gasteiger partial charge on any atom is 0.330 e. The molecule has 6 heteroatoms. The molecule has 0 spiro atoms. The van der Waals surface area contributed by atoms with Gasteiger partial charge in [-0.25, -0.2) is 4.79 Å². The fourth-order valence-corrected chi connectivity index (χ4v) is 2.00. The molecule has 1 rings (SSSR count). The van der Waals surface area contributed by atoms with Crippen molar-refractivity contribution in [1.82, 2.24) is 14.5 Å². The Morgan fingerprint density at radius 1 is 1.35 bits per heavy atom. The van der Waals surface area contributed by atoms with E-state index >= 15 is 0 Å². The van der Waals surface area contributed by atoms with Crippen LogP contribution in [0.2, 0.25) is 0 Å². The zero-order chi connectivity index (χ0) is 12.8. The van der Waals surface area contributed by atoms with E-state index in [0.29, 0.717) is 12.1 Å². The molecule has 0 bridgehead atoms. The van der Waals surface area contributed by atoms with Crippen LogP contribution >= 0.6 is 11.8 Å². The van der Waals surface area contributed by atoms with E-state index in [1.165, 1.54) is 11.6 Å². The highest BCUT2D eigenvalue weighted by molar-refractivity contribution is 7.98. The van der Waals surface area contributed by atoms with Crippen LogP contribution in [-0.4, -0.2) is 27.7 Å². The van der Waals surface area contributed by atoms with Gasteiger partial charge >= 0.3 is 5.69 Å². The zero-order valence-corrected chi connectivity index (χ0v) is 11.3. The summed E-state index contributed by atoms with van der Waals surface area (Å²) in [6.45, 7) is 1.39. The van der Waals surface area contributed by atoms with Gasteiger partial charge in [0.15, 0.2) is 0 Å². The Kier molecular flexibility index (Phi) is 5.50. The maximum atomic E-state index is 11.8. The first-order chi connectivity index (χ1) is 8.07. The van der Waals surface area contributed by atoms with Gasteiger partial charge in [0.1, 0.15) is 0 Å². The first-order valence-electron chi connectivity index (χ1n) is 5.53. The fraction of sp³-hybridized carbons (Fsp3) is 0.636. The van der Waals surface area contributed by atoms with E-state index < -0.39 is 0 Å². The lowest BCUT2D eigenvalue weighted by Crippen LogP contribution is -2.39. The van der Waals surface area contributed by atoms with E-state index in [4.69, 9.17) is 0 Å². The standard InChI is InChI=1S/C11H19N3O2S/c1-13-8-9(7-12-5-4-6-17-3)10(15)14(2)11(13)16/h8,12H,4-7H2,1-3H3. The molecule has 17 heavy (non-hydrogen) atoms. The number of nitrogens with one attached hydrogen (secondary N) is 1. The Morgan fingerprint density at radius 2 is 2.06 bits per heavy atom. The van der Waals surface area contributed by atoms with Gasteiger partial charge in [-0.3, -0.25) is 9.36 Å². The summed E-state index contributed by atoms with van der Waals surface area (Å²) in [5.41, 5.74) is 0.116. The molecule has 0 saturated carbocycles. The van der Waals surface area contributed by atoms with Gasteiger partial charge in [-0.2, -0.15) is 11.8 Å². The first kappa shape index (κ1) is 14.1. The average molecular weight is 257 g/mol. The van der Waals surface area contributed by atoms with Crippen molar-refractivity contribution in [2.75, 3.05) is 18.6 Å². The van der Waals surface area contributed by atoms with Crippen molar-refractivity contribution in [3.63, 3.8) is 0 Å². The maximum absolute atomic E-state index is 11.8. The number of hydrogen-bond acceptors (Lipinski definition) is 4. The Balaban J connectivity index is 2.66. The summed E-state index contributed by atoms with van der Waals surface area (Å²) in [6.07, 6.45) is 4.75. The minimum atomic E-state index is -0.291. The van der Waals surface area contributed by atoms with Crippen LogP contribution in [0.5, 0.6) is 0 Å². The predicted molar refractivity (Wildman–Crippen MR) is 71.6 cm³/mol. The van der Waals surface area contributed by atoms with Gasteiger partial charge < -0.3 is 9.88 Å². The zero-order valence-electron chi connectivity index (χ0n) is 10.5. The molecule has 1 aromatic rings. The first-order valence-corrected chi connectivity index (χ1v) is 6.92. The normalized spacial score (nSPS) is 10.8. The van der Waals surface area contributed by atoms with E-state index in [0.717, 1.165) is 23.3 Å². The number of aromatic nitrogens is 2. The molecule has 96 valence electrons. The molecule has 0 fully saturated rings. The Hall–Kier alpha value is -1.01. The van der Waals surface area contributed by atoms with Gasteiger partial charge in [-0.1, -0.05) is 0 Å². The summed E-state index contributed by atoms with van der Waals surface area (Å²) >= 11 is 1.81. The molecule has 5 nitrogen and oxygen atoms in total. The summed E-state index contributed by atoms with van der Waals surface area (Å²) < 4.78 is 2.57. The Labute approximate surface area is 105 Å². The summed E-state index contributed by atoms with van der Waals surface area (Å²) in [7, 11) is 3.15. The van der Waals surface area contributed by atoms with E-state index in [-0.39, 0.29) is 11.2 Å². The number of thioether (sulfide) groups is 1. The molecule has 0 unspecified atom stereocenters. The number of nitrogens with zero attached hydrogens (tertiary/aromatic N) is 2. The molecular formula is C11H19N3O2S.